The molecule has 1 aliphatic rings. The van der Waals surface area contributed by atoms with Gasteiger partial charge >= 0.3 is 5.97 Å². The number of ketones is 1. The van der Waals surface area contributed by atoms with Gasteiger partial charge in [0.25, 0.3) is 0 Å². The van der Waals surface area contributed by atoms with E-state index in [2.05, 4.69) is 0 Å². The Hall–Kier alpha value is -1.63. The molecule has 0 N–H and O–H groups in total. The van der Waals surface area contributed by atoms with Crippen LogP contribution in [0.25, 0.3) is 0 Å². The summed E-state index contributed by atoms with van der Waals surface area (Å²) in [6, 6.07) is 1.84. The third kappa shape index (κ3) is 3.55. The van der Waals surface area contributed by atoms with Crippen LogP contribution < -0.4 is 0 Å². The highest BCUT2D eigenvalue weighted by Gasteiger charge is 2.31. The molecule has 80 valence electrons. The third-order valence-electron chi connectivity index (χ3n) is 2.31. The number of hydrogen-bond donors (Lipinski definition) is 0. The maximum atomic E-state index is 11.4. The van der Waals surface area contributed by atoms with E-state index in [1.807, 2.05) is 6.07 Å². The molecular formula is C11H13NO3. The Morgan fingerprint density at radius 1 is 1.67 bits per heavy atom. The van der Waals surface area contributed by atoms with E-state index >= 15 is 0 Å². The van der Waals surface area contributed by atoms with Crippen molar-refractivity contribution in [2.75, 3.05) is 6.61 Å². The average Bonchev–Trinajstić information content (AvgIpc) is 2.64. The number of carbonyl (C=O) groups is 2. The van der Waals surface area contributed by atoms with Gasteiger partial charge in [0.05, 0.1) is 12.7 Å². The van der Waals surface area contributed by atoms with Gasteiger partial charge in [-0.15, -0.1) is 0 Å². The van der Waals surface area contributed by atoms with E-state index in [4.69, 9.17) is 10.00 Å². The normalized spacial score (nSPS) is 20.5. The highest BCUT2D eigenvalue weighted by molar-refractivity contribution is 6.00. The number of esters is 1. The molecule has 0 aliphatic heterocycles. The van der Waals surface area contributed by atoms with E-state index < -0.39 is 11.9 Å². The Balaban J connectivity index is 2.22. The van der Waals surface area contributed by atoms with Gasteiger partial charge in [-0.25, -0.2) is 0 Å². The standard InChI is InChI=1S/C11H13NO3/c12-7-2-1-3-8-15-11(14)9-5-4-6-10(9)13/h1-2,9H,3-6,8H2/b2-1-. The Labute approximate surface area is 88.5 Å². The number of Topliss-reactive ketones (excluding diaryl/α,β-unsaturated/α-hetero) is 1. The van der Waals surface area contributed by atoms with Gasteiger partial charge in [0.15, 0.2) is 0 Å². The minimum absolute atomic E-state index is 0.00688. The van der Waals surface area contributed by atoms with E-state index in [0.29, 0.717) is 19.3 Å². The molecule has 1 saturated carbocycles. The summed E-state index contributed by atoms with van der Waals surface area (Å²) in [5.74, 6) is -0.958. The van der Waals surface area contributed by atoms with Crippen molar-refractivity contribution in [1.29, 1.82) is 5.26 Å². The van der Waals surface area contributed by atoms with Crippen molar-refractivity contribution in [2.24, 2.45) is 5.92 Å². The summed E-state index contributed by atoms with van der Waals surface area (Å²) < 4.78 is 4.92. The predicted molar refractivity (Wildman–Crippen MR) is 52.7 cm³/mol. The van der Waals surface area contributed by atoms with Crippen LogP contribution in [-0.2, 0) is 14.3 Å². The van der Waals surface area contributed by atoms with Crippen LogP contribution in [0.3, 0.4) is 0 Å². The lowest BCUT2D eigenvalue weighted by Gasteiger charge is -2.07. The zero-order chi connectivity index (χ0) is 11.1. The molecule has 0 spiro atoms. The maximum Gasteiger partial charge on any atom is 0.316 e. The lowest BCUT2D eigenvalue weighted by atomic mass is 10.1. The molecule has 1 fully saturated rings. The molecule has 0 radical (unpaired) electrons. The highest BCUT2D eigenvalue weighted by atomic mass is 16.5. The fraction of sp³-hybridized carbons (Fsp3) is 0.545. The van der Waals surface area contributed by atoms with Crippen molar-refractivity contribution >= 4 is 11.8 Å². The molecule has 4 nitrogen and oxygen atoms in total. The van der Waals surface area contributed by atoms with Crippen molar-refractivity contribution in [3.05, 3.63) is 12.2 Å². The molecule has 15 heavy (non-hydrogen) atoms. The van der Waals surface area contributed by atoms with Crippen LogP contribution in [-0.4, -0.2) is 18.4 Å². The highest BCUT2D eigenvalue weighted by Crippen LogP contribution is 2.22. The van der Waals surface area contributed by atoms with E-state index in [9.17, 15) is 9.59 Å². The second kappa shape index (κ2) is 5.97. The number of allylic oxidation sites excluding steroid dienone is 1. The van der Waals surface area contributed by atoms with Gasteiger partial charge in [0, 0.05) is 18.9 Å². The van der Waals surface area contributed by atoms with Crippen molar-refractivity contribution in [3.63, 3.8) is 0 Å². The molecule has 0 saturated heterocycles. The van der Waals surface area contributed by atoms with Gasteiger partial charge < -0.3 is 4.74 Å². The molecule has 0 amide bonds. The summed E-state index contributed by atoms with van der Waals surface area (Å²) in [6.45, 7) is 0.237. The van der Waals surface area contributed by atoms with Gasteiger partial charge in [0.1, 0.15) is 11.7 Å². The minimum Gasteiger partial charge on any atom is -0.465 e. The number of nitrogens with zero attached hydrogens (tertiary/aromatic N) is 1. The topological polar surface area (TPSA) is 67.2 Å². The van der Waals surface area contributed by atoms with Crippen LogP contribution >= 0.6 is 0 Å². The molecule has 0 bridgehead atoms. The van der Waals surface area contributed by atoms with E-state index in [0.717, 1.165) is 6.42 Å². The molecular weight excluding hydrogens is 194 g/mol. The monoisotopic (exact) mass is 207 g/mol. The largest absolute Gasteiger partial charge is 0.465 e. The molecule has 1 atom stereocenters. The molecule has 0 aromatic carbocycles. The molecule has 4 heteroatoms. The number of nitriles is 1. The molecule has 0 aromatic rings. The second-order valence-electron chi connectivity index (χ2n) is 3.40. The van der Waals surface area contributed by atoms with Gasteiger partial charge in [-0.3, -0.25) is 9.59 Å². The number of ether oxygens (including phenoxy) is 1. The minimum atomic E-state index is -0.537. The SMILES string of the molecule is N#C/C=C\CCOC(=O)C1CCCC1=O. The summed E-state index contributed by atoms with van der Waals surface area (Å²) in [4.78, 5) is 22.5. The second-order valence-corrected chi connectivity index (χ2v) is 3.40. The maximum absolute atomic E-state index is 11.4. The van der Waals surface area contributed by atoms with Gasteiger partial charge in [0.2, 0.25) is 0 Å². The van der Waals surface area contributed by atoms with Crippen LogP contribution in [0.5, 0.6) is 0 Å². The van der Waals surface area contributed by atoms with Crippen molar-refractivity contribution < 1.29 is 14.3 Å². The van der Waals surface area contributed by atoms with Crippen LogP contribution in [0.2, 0.25) is 0 Å². The first-order chi connectivity index (χ1) is 7.25. The summed E-state index contributed by atoms with van der Waals surface area (Å²) in [6.07, 6.45) is 5.38. The van der Waals surface area contributed by atoms with E-state index in [1.54, 1.807) is 6.08 Å². The predicted octanol–water partition coefficient (Wildman–Crippen LogP) is 1.37. The van der Waals surface area contributed by atoms with Crippen molar-refractivity contribution in [3.8, 4) is 6.07 Å². The quantitative estimate of drug-likeness (QED) is 0.302. The third-order valence-corrected chi connectivity index (χ3v) is 2.31. The smallest absolute Gasteiger partial charge is 0.316 e. The van der Waals surface area contributed by atoms with Crippen LogP contribution in [0.4, 0.5) is 0 Å². The first kappa shape index (κ1) is 11.4. The van der Waals surface area contributed by atoms with Gasteiger partial charge in [-0.05, 0) is 12.8 Å². The first-order valence-electron chi connectivity index (χ1n) is 4.99. The fourth-order valence-electron chi connectivity index (χ4n) is 1.53. The Bertz CT molecular complexity index is 314. The Kier molecular flexibility index (Phi) is 4.55. The molecule has 1 unspecified atom stereocenters. The van der Waals surface area contributed by atoms with Crippen LogP contribution in [0, 0.1) is 17.2 Å². The number of hydrogen-bond acceptors (Lipinski definition) is 4. The van der Waals surface area contributed by atoms with Crippen molar-refractivity contribution in [1.82, 2.24) is 0 Å². The Morgan fingerprint density at radius 3 is 3.07 bits per heavy atom. The lowest BCUT2D eigenvalue weighted by Crippen LogP contribution is -2.21. The molecule has 1 aliphatic carbocycles. The summed E-state index contributed by atoms with van der Waals surface area (Å²) >= 11 is 0. The number of rotatable bonds is 4. The summed E-state index contributed by atoms with van der Waals surface area (Å²) in [5, 5.41) is 8.19. The van der Waals surface area contributed by atoms with Crippen LogP contribution in [0.1, 0.15) is 25.7 Å². The zero-order valence-electron chi connectivity index (χ0n) is 8.44. The Morgan fingerprint density at radius 2 is 2.47 bits per heavy atom. The van der Waals surface area contributed by atoms with E-state index in [-0.39, 0.29) is 12.4 Å². The zero-order valence-corrected chi connectivity index (χ0v) is 8.44. The first-order valence-corrected chi connectivity index (χ1v) is 4.99. The summed E-state index contributed by atoms with van der Waals surface area (Å²) in [5.41, 5.74) is 0. The molecule has 1 rings (SSSR count). The van der Waals surface area contributed by atoms with Crippen LogP contribution in [0.15, 0.2) is 12.2 Å². The molecule has 0 heterocycles. The summed E-state index contributed by atoms with van der Waals surface area (Å²) in [7, 11) is 0. The fourth-order valence-corrected chi connectivity index (χ4v) is 1.53. The number of carbonyl (C=O) groups excluding carboxylic acids is 2. The molecule has 0 aromatic heterocycles. The van der Waals surface area contributed by atoms with E-state index in [1.165, 1.54) is 6.08 Å². The average molecular weight is 207 g/mol. The van der Waals surface area contributed by atoms with Crippen molar-refractivity contribution in [2.45, 2.75) is 25.7 Å². The van der Waals surface area contributed by atoms with Gasteiger partial charge in [-0.2, -0.15) is 5.26 Å². The van der Waals surface area contributed by atoms with Gasteiger partial charge in [-0.1, -0.05) is 6.08 Å². The lowest BCUT2D eigenvalue weighted by molar-refractivity contribution is -0.150.